The molecule has 2 aliphatic heterocycles. The number of hydrazine groups is 1. The number of benzene rings is 2. The van der Waals surface area contributed by atoms with Crippen LogP contribution >= 0.6 is 11.6 Å². The van der Waals surface area contributed by atoms with Crippen LogP contribution in [0.5, 0.6) is 5.75 Å². The first-order valence-corrected chi connectivity index (χ1v) is 11.6. The van der Waals surface area contributed by atoms with E-state index in [0.717, 1.165) is 28.3 Å². The number of fused-ring (bicyclic) bond motifs is 3. The van der Waals surface area contributed by atoms with Crippen LogP contribution in [0, 0.1) is 0 Å². The van der Waals surface area contributed by atoms with Crippen LogP contribution in [0.25, 0.3) is 0 Å². The fraction of sp³-hybridized carbons (Fsp3) is 0.375. The number of anilines is 1. The van der Waals surface area contributed by atoms with Crippen molar-refractivity contribution in [3.8, 4) is 5.75 Å². The van der Waals surface area contributed by atoms with E-state index < -0.39 is 0 Å². The summed E-state index contributed by atoms with van der Waals surface area (Å²) in [6.07, 6.45) is -0.0968. The SMILES string of the molecule is COc1ccc2c(c1)C(c1ccc(Cl)cc1)=NC(CC(=O)NCCNC(C)=O)C1NNC(C)N21. The number of halogens is 1. The lowest BCUT2D eigenvalue weighted by Gasteiger charge is -2.31. The Kier molecular flexibility index (Phi) is 7.35. The van der Waals surface area contributed by atoms with E-state index in [2.05, 4.69) is 33.3 Å². The molecule has 0 aliphatic carbocycles. The van der Waals surface area contributed by atoms with E-state index in [9.17, 15) is 9.59 Å². The molecule has 2 amide bonds. The zero-order chi connectivity index (χ0) is 24.2. The summed E-state index contributed by atoms with van der Waals surface area (Å²) in [7, 11) is 1.63. The topological polar surface area (TPSA) is 107 Å². The normalized spacial score (nSPS) is 21.1. The van der Waals surface area contributed by atoms with Gasteiger partial charge in [0.15, 0.2) is 0 Å². The lowest BCUT2D eigenvalue weighted by molar-refractivity contribution is -0.122. The lowest BCUT2D eigenvalue weighted by atomic mass is 9.99. The maximum atomic E-state index is 12.8. The Hall–Kier alpha value is -3.14. The number of methoxy groups -OCH3 is 1. The summed E-state index contributed by atoms with van der Waals surface area (Å²) >= 11 is 6.14. The van der Waals surface area contributed by atoms with E-state index >= 15 is 0 Å². The number of ether oxygens (including phenoxy) is 1. The first-order valence-electron chi connectivity index (χ1n) is 11.2. The van der Waals surface area contributed by atoms with Crippen LogP contribution in [0.2, 0.25) is 5.02 Å². The first kappa shape index (κ1) is 24.0. The summed E-state index contributed by atoms with van der Waals surface area (Å²) in [5.41, 5.74) is 10.2. The molecular weight excluding hydrogens is 456 g/mol. The van der Waals surface area contributed by atoms with E-state index in [4.69, 9.17) is 21.3 Å². The molecule has 0 saturated carbocycles. The zero-order valence-electron chi connectivity index (χ0n) is 19.4. The second kappa shape index (κ2) is 10.4. The van der Waals surface area contributed by atoms with Crippen molar-refractivity contribution in [2.45, 2.75) is 38.6 Å². The standard InChI is InChI=1S/C24H29ClN6O3/c1-14-29-30-24-20(13-22(33)27-11-10-26-15(2)32)28-23(16-4-6-17(25)7-5-16)19-12-18(34-3)8-9-21(19)31(14)24/h4-9,12,14,20,24,29-30H,10-11,13H2,1-3H3,(H,26,32)(H,27,33). The van der Waals surface area contributed by atoms with Gasteiger partial charge in [0.05, 0.1) is 31.4 Å². The largest absolute Gasteiger partial charge is 0.497 e. The number of hydrogen-bond acceptors (Lipinski definition) is 7. The van der Waals surface area contributed by atoms with Gasteiger partial charge in [-0.05, 0) is 37.3 Å². The average molecular weight is 485 g/mol. The molecule has 9 nitrogen and oxygen atoms in total. The molecule has 3 unspecified atom stereocenters. The van der Waals surface area contributed by atoms with Gasteiger partial charge in [-0.2, -0.15) is 0 Å². The van der Waals surface area contributed by atoms with Crippen molar-refractivity contribution in [1.29, 1.82) is 0 Å². The van der Waals surface area contributed by atoms with E-state index in [1.54, 1.807) is 7.11 Å². The van der Waals surface area contributed by atoms with Crippen molar-refractivity contribution in [1.82, 2.24) is 21.5 Å². The molecule has 0 bridgehead atoms. The van der Waals surface area contributed by atoms with Gasteiger partial charge in [-0.25, -0.2) is 10.9 Å². The van der Waals surface area contributed by atoms with Crippen LogP contribution < -0.4 is 31.1 Å². The molecular formula is C24H29ClN6O3. The molecule has 180 valence electrons. The molecule has 2 heterocycles. The predicted octanol–water partition coefficient (Wildman–Crippen LogP) is 1.80. The molecule has 1 saturated heterocycles. The minimum absolute atomic E-state index is 0.0257. The number of carbonyl (C=O) groups is 2. The third-order valence-electron chi connectivity index (χ3n) is 5.89. The summed E-state index contributed by atoms with van der Waals surface area (Å²) < 4.78 is 5.51. The van der Waals surface area contributed by atoms with Gasteiger partial charge in [0.1, 0.15) is 11.9 Å². The van der Waals surface area contributed by atoms with Crippen LogP contribution in [0.15, 0.2) is 47.5 Å². The second-order valence-corrected chi connectivity index (χ2v) is 8.73. The number of nitrogens with one attached hydrogen (secondary N) is 4. The Morgan fingerprint density at radius 1 is 1.12 bits per heavy atom. The highest BCUT2D eigenvalue weighted by Crippen LogP contribution is 2.36. The van der Waals surface area contributed by atoms with E-state index in [1.807, 2.05) is 42.5 Å². The minimum Gasteiger partial charge on any atom is -0.497 e. The van der Waals surface area contributed by atoms with Gasteiger partial charge >= 0.3 is 0 Å². The number of aliphatic imine (C=N–C) groups is 1. The number of nitrogens with zero attached hydrogens (tertiary/aromatic N) is 2. The Morgan fingerprint density at radius 2 is 1.85 bits per heavy atom. The monoisotopic (exact) mass is 484 g/mol. The highest BCUT2D eigenvalue weighted by molar-refractivity contribution is 6.30. The van der Waals surface area contributed by atoms with E-state index in [1.165, 1.54) is 6.92 Å². The molecule has 2 aromatic carbocycles. The Balaban J connectivity index is 1.71. The summed E-state index contributed by atoms with van der Waals surface area (Å²) in [6, 6.07) is 13.1. The summed E-state index contributed by atoms with van der Waals surface area (Å²) in [4.78, 5) is 31.2. The quantitative estimate of drug-likeness (QED) is 0.446. The summed E-state index contributed by atoms with van der Waals surface area (Å²) in [6.45, 7) is 4.23. The van der Waals surface area contributed by atoms with Gasteiger partial charge in [0.2, 0.25) is 11.8 Å². The van der Waals surface area contributed by atoms with Crippen LogP contribution in [0.1, 0.15) is 31.4 Å². The number of rotatable bonds is 7. The van der Waals surface area contributed by atoms with Gasteiger partial charge in [-0.15, -0.1) is 0 Å². The molecule has 0 radical (unpaired) electrons. The second-order valence-electron chi connectivity index (χ2n) is 8.29. The zero-order valence-corrected chi connectivity index (χ0v) is 20.1. The number of hydrogen-bond donors (Lipinski definition) is 4. The van der Waals surface area contributed by atoms with Crippen molar-refractivity contribution >= 4 is 34.8 Å². The first-order chi connectivity index (χ1) is 16.4. The molecule has 34 heavy (non-hydrogen) atoms. The van der Waals surface area contributed by atoms with Crippen LogP contribution in [-0.2, 0) is 9.59 Å². The van der Waals surface area contributed by atoms with Crippen LogP contribution in [0.4, 0.5) is 5.69 Å². The molecule has 0 spiro atoms. The maximum absolute atomic E-state index is 12.8. The molecule has 0 aromatic heterocycles. The third-order valence-corrected chi connectivity index (χ3v) is 6.14. The van der Waals surface area contributed by atoms with Gasteiger partial charge in [-0.1, -0.05) is 23.7 Å². The van der Waals surface area contributed by atoms with Crippen molar-refractivity contribution in [3.63, 3.8) is 0 Å². The number of carbonyl (C=O) groups excluding carboxylic acids is 2. The molecule has 4 N–H and O–H groups in total. The summed E-state index contributed by atoms with van der Waals surface area (Å²) in [5.74, 6) is 0.451. The van der Waals surface area contributed by atoms with Crippen molar-refractivity contribution in [3.05, 3.63) is 58.6 Å². The van der Waals surface area contributed by atoms with E-state index in [0.29, 0.717) is 18.1 Å². The van der Waals surface area contributed by atoms with Gasteiger partial charge in [-0.3, -0.25) is 14.6 Å². The fourth-order valence-electron chi connectivity index (χ4n) is 4.29. The van der Waals surface area contributed by atoms with Gasteiger partial charge in [0, 0.05) is 41.9 Å². The molecule has 2 aromatic rings. The summed E-state index contributed by atoms with van der Waals surface area (Å²) in [5, 5.41) is 6.19. The molecule has 4 rings (SSSR count). The third kappa shape index (κ3) is 5.16. The molecule has 10 heteroatoms. The van der Waals surface area contributed by atoms with Crippen LogP contribution in [0.3, 0.4) is 0 Å². The fourth-order valence-corrected chi connectivity index (χ4v) is 4.41. The molecule has 2 aliphatic rings. The van der Waals surface area contributed by atoms with E-state index in [-0.39, 0.29) is 36.6 Å². The number of amides is 2. The minimum atomic E-state index is -0.387. The molecule has 1 fully saturated rings. The Labute approximate surface area is 203 Å². The maximum Gasteiger partial charge on any atom is 0.222 e. The Bertz CT molecular complexity index is 1090. The van der Waals surface area contributed by atoms with Crippen molar-refractivity contribution < 1.29 is 14.3 Å². The predicted molar refractivity (Wildman–Crippen MR) is 132 cm³/mol. The van der Waals surface area contributed by atoms with Crippen molar-refractivity contribution in [2.75, 3.05) is 25.1 Å². The smallest absolute Gasteiger partial charge is 0.222 e. The Morgan fingerprint density at radius 3 is 2.56 bits per heavy atom. The van der Waals surface area contributed by atoms with Gasteiger partial charge < -0.3 is 20.3 Å². The average Bonchev–Trinajstić information content (AvgIpc) is 3.14. The highest BCUT2D eigenvalue weighted by Gasteiger charge is 2.40. The lowest BCUT2D eigenvalue weighted by Crippen LogP contribution is -2.48. The van der Waals surface area contributed by atoms with Crippen LogP contribution in [-0.4, -0.2) is 56.1 Å². The van der Waals surface area contributed by atoms with Crippen molar-refractivity contribution in [2.24, 2.45) is 4.99 Å². The highest BCUT2D eigenvalue weighted by atomic mass is 35.5. The van der Waals surface area contributed by atoms with Gasteiger partial charge in [0.25, 0.3) is 0 Å². The molecule has 3 atom stereocenters.